The van der Waals surface area contributed by atoms with Crippen molar-refractivity contribution in [3.63, 3.8) is 0 Å². The van der Waals surface area contributed by atoms with E-state index in [4.69, 9.17) is 11.6 Å². The zero-order chi connectivity index (χ0) is 18.0. The van der Waals surface area contributed by atoms with Crippen molar-refractivity contribution in [1.29, 1.82) is 0 Å². The van der Waals surface area contributed by atoms with E-state index in [-0.39, 0.29) is 5.41 Å². The molecule has 1 unspecified atom stereocenters. The van der Waals surface area contributed by atoms with Crippen LogP contribution in [0.2, 0.25) is 5.15 Å². The van der Waals surface area contributed by atoms with E-state index in [2.05, 4.69) is 14.8 Å². The fourth-order valence-electron chi connectivity index (χ4n) is 5.32. The van der Waals surface area contributed by atoms with Crippen molar-refractivity contribution in [3.8, 4) is 0 Å². The first kappa shape index (κ1) is 18.2. The number of pyridine rings is 1. The van der Waals surface area contributed by atoms with Crippen LogP contribution < -0.4 is 4.90 Å². The van der Waals surface area contributed by atoms with Crippen LogP contribution in [-0.4, -0.2) is 48.4 Å². The fourth-order valence-corrected chi connectivity index (χ4v) is 5.48. The highest BCUT2D eigenvalue weighted by Gasteiger charge is 2.46. The second kappa shape index (κ2) is 7.85. The molecule has 1 aliphatic heterocycles. The van der Waals surface area contributed by atoms with Gasteiger partial charge in [-0.25, -0.2) is 4.98 Å². The monoisotopic (exact) mass is 375 g/mol. The molecule has 2 saturated carbocycles. The Labute approximate surface area is 161 Å². The summed E-state index contributed by atoms with van der Waals surface area (Å²) in [4.78, 5) is 21.6. The van der Waals surface area contributed by atoms with Gasteiger partial charge in [0.25, 0.3) is 0 Å². The molecule has 0 bridgehead atoms. The SMILES string of the molecule is O=C1CC(CCN2CCN(c3ccnc(Cl)c3)CC2)CC12CCCCC2. The summed E-state index contributed by atoms with van der Waals surface area (Å²) in [5, 5.41) is 0.562. The van der Waals surface area contributed by atoms with Gasteiger partial charge in [0.2, 0.25) is 0 Å². The lowest BCUT2D eigenvalue weighted by molar-refractivity contribution is -0.127. The quantitative estimate of drug-likeness (QED) is 0.740. The molecule has 1 atom stereocenters. The lowest BCUT2D eigenvalue weighted by Gasteiger charge is -2.36. The number of Topliss-reactive ketones (excluding diaryl/α,β-unsaturated/α-hetero) is 1. The molecular formula is C21H30ClN3O. The van der Waals surface area contributed by atoms with Crippen LogP contribution in [-0.2, 0) is 4.79 Å². The van der Waals surface area contributed by atoms with E-state index < -0.39 is 0 Å². The van der Waals surface area contributed by atoms with Crippen molar-refractivity contribution in [3.05, 3.63) is 23.5 Å². The summed E-state index contributed by atoms with van der Waals surface area (Å²) in [6, 6.07) is 3.99. The third-order valence-corrected chi connectivity index (χ3v) is 7.06. The number of ketones is 1. The van der Waals surface area contributed by atoms with Gasteiger partial charge in [-0.15, -0.1) is 0 Å². The molecule has 0 radical (unpaired) electrons. The highest BCUT2D eigenvalue weighted by atomic mass is 35.5. The number of anilines is 1. The van der Waals surface area contributed by atoms with Gasteiger partial charge in [-0.1, -0.05) is 30.9 Å². The maximum absolute atomic E-state index is 12.6. The van der Waals surface area contributed by atoms with Gasteiger partial charge in [-0.3, -0.25) is 9.69 Å². The number of nitrogens with zero attached hydrogens (tertiary/aromatic N) is 3. The van der Waals surface area contributed by atoms with Gasteiger partial charge in [0.15, 0.2) is 0 Å². The van der Waals surface area contributed by atoms with Crippen LogP contribution in [0.1, 0.15) is 51.4 Å². The summed E-state index contributed by atoms with van der Waals surface area (Å²) in [6.07, 6.45) is 11.2. The Kier molecular flexibility index (Phi) is 5.51. The molecule has 1 spiro atoms. The number of hydrogen-bond donors (Lipinski definition) is 0. The standard InChI is InChI=1S/C21H30ClN3O/c22-20-15-18(4-8-23-20)25-12-10-24(11-13-25)9-5-17-14-19(26)21(16-17)6-2-1-3-7-21/h4,8,15,17H,1-3,5-7,9-14,16H2. The van der Waals surface area contributed by atoms with Crippen molar-refractivity contribution in [2.24, 2.45) is 11.3 Å². The van der Waals surface area contributed by atoms with E-state index in [0.29, 0.717) is 16.9 Å². The second-order valence-corrected chi connectivity index (χ2v) is 8.88. The molecule has 26 heavy (non-hydrogen) atoms. The normalized spacial score (nSPS) is 26.6. The Hall–Kier alpha value is -1.13. The Bertz CT molecular complexity index is 636. The molecule has 1 aromatic rings. The molecule has 1 saturated heterocycles. The second-order valence-electron chi connectivity index (χ2n) is 8.49. The molecule has 0 aromatic carbocycles. The van der Waals surface area contributed by atoms with Gasteiger partial charge in [-0.2, -0.15) is 0 Å². The molecule has 1 aromatic heterocycles. The molecule has 2 aliphatic carbocycles. The van der Waals surface area contributed by atoms with Crippen molar-refractivity contribution >= 4 is 23.1 Å². The number of rotatable bonds is 4. The molecule has 142 valence electrons. The minimum Gasteiger partial charge on any atom is -0.369 e. The summed E-state index contributed by atoms with van der Waals surface area (Å²) in [7, 11) is 0. The van der Waals surface area contributed by atoms with Crippen molar-refractivity contribution in [2.75, 3.05) is 37.6 Å². The van der Waals surface area contributed by atoms with Gasteiger partial charge < -0.3 is 4.90 Å². The predicted octanol–water partition coefficient (Wildman–Crippen LogP) is 4.18. The summed E-state index contributed by atoms with van der Waals surface area (Å²) < 4.78 is 0. The van der Waals surface area contributed by atoms with Crippen LogP contribution in [0.5, 0.6) is 0 Å². The minimum absolute atomic E-state index is 0.0855. The lowest BCUT2D eigenvalue weighted by Crippen LogP contribution is -2.46. The van der Waals surface area contributed by atoms with Crippen LogP contribution in [0.3, 0.4) is 0 Å². The number of piperazine rings is 1. The van der Waals surface area contributed by atoms with Crippen LogP contribution in [0.15, 0.2) is 18.3 Å². The van der Waals surface area contributed by atoms with Crippen LogP contribution in [0.25, 0.3) is 0 Å². The van der Waals surface area contributed by atoms with E-state index in [9.17, 15) is 4.79 Å². The van der Waals surface area contributed by atoms with E-state index in [0.717, 1.165) is 52.0 Å². The lowest BCUT2D eigenvalue weighted by atomic mass is 9.72. The maximum Gasteiger partial charge on any atom is 0.139 e. The van der Waals surface area contributed by atoms with Gasteiger partial charge in [0.05, 0.1) is 0 Å². The largest absolute Gasteiger partial charge is 0.369 e. The Morgan fingerprint density at radius 3 is 2.65 bits per heavy atom. The molecule has 2 heterocycles. The Morgan fingerprint density at radius 1 is 1.15 bits per heavy atom. The molecule has 4 rings (SSSR count). The zero-order valence-corrected chi connectivity index (χ0v) is 16.4. The summed E-state index contributed by atoms with van der Waals surface area (Å²) >= 11 is 6.01. The average Bonchev–Trinajstić information content (AvgIpc) is 2.96. The predicted molar refractivity (Wildman–Crippen MR) is 106 cm³/mol. The maximum atomic E-state index is 12.6. The van der Waals surface area contributed by atoms with Crippen LogP contribution in [0.4, 0.5) is 5.69 Å². The first-order valence-corrected chi connectivity index (χ1v) is 10.6. The average molecular weight is 376 g/mol. The topological polar surface area (TPSA) is 36.4 Å². The Morgan fingerprint density at radius 2 is 1.92 bits per heavy atom. The van der Waals surface area contributed by atoms with E-state index in [1.807, 2.05) is 12.1 Å². The zero-order valence-electron chi connectivity index (χ0n) is 15.6. The third-order valence-electron chi connectivity index (χ3n) is 6.86. The number of aromatic nitrogens is 1. The van der Waals surface area contributed by atoms with E-state index in [1.165, 1.54) is 37.8 Å². The van der Waals surface area contributed by atoms with Crippen molar-refractivity contribution in [2.45, 2.75) is 51.4 Å². The molecule has 5 heteroatoms. The minimum atomic E-state index is 0.0855. The van der Waals surface area contributed by atoms with Gasteiger partial charge >= 0.3 is 0 Å². The number of carbonyl (C=O) groups is 1. The number of hydrogen-bond acceptors (Lipinski definition) is 4. The third kappa shape index (κ3) is 3.91. The van der Waals surface area contributed by atoms with E-state index >= 15 is 0 Å². The number of carbonyl (C=O) groups excluding carboxylic acids is 1. The highest BCUT2D eigenvalue weighted by molar-refractivity contribution is 6.29. The smallest absolute Gasteiger partial charge is 0.139 e. The van der Waals surface area contributed by atoms with Crippen molar-refractivity contribution < 1.29 is 4.79 Å². The molecule has 0 amide bonds. The van der Waals surface area contributed by atoms with Gasteiger partial charge in [0, 0.05) is 49.9 Å². The first-order chi connectivity index (χ1) is 12.6. The fraction of sp³-hybridized carbons (Fsp3) is 0.714. The van der Waals surface area contributed by atoms with Gasteiger partial charge in [0.1, 0.15) is 10.9 Å². The highest BCUT2D eigenvalue weighted by Crippen LogP contribution is 2.49. The molecule has 3 aliphatic rings. The first-order valence-electron chi connectivity index (χ1n) is 10.3. The van der Waals surface area contributed by atoms with E-state index in [1.54, 1.807) is 6.20 Å². The van der Waals surface area contributed by atoms with Crippen LogP contribution in [0, 0.1) is 11.3 Å². The number of halogens is 1. The summed E-state index contributed by atoms with van der Waals surface area (Å²) in [6.45, 7) is 5.39. The van der Waals surface area contributed by atoms with Gasteiger partial charge in [-0.05, 0) is 50.3 Å². The molecule has 0 N–H and O–H groups in total. The summed E-state index contributed by atoms with van der Waals surface area (Å²) in [5.74, 6) is 1.21. The molecular weight excluding hydrogens is 346 g/mol. The Balaban J connectivity index is 1.24. The van der Waals surface area contributed by atoms with Crippen LogP contribution >= 0.6 is 11.6 Å². The van der Waals surface area contributed by atoms with Crippen molar-refractivity contribution in [1.82, 2.24) is 9.88 Å². The molecule has 3 fully saturated rings. The summed E-state index contributed by atoms with van der Waals surface area (Å²) in [5.41, 5.74) is 1.26. The molecule has 4 nitrogen and oxygen atoms in total.